The van der Waals surface area contributed by atoms with Gasteiger partial charge in [-0.3, -0.25) is 9.69 Å². The van der Waals surface area contributed by atoms with Gasteiger partial charge < -0.3 is 5.73 Å². The summed E-state index contributed by atoms with van der Waals surface area (Å²) in [5.41, 5.74) is 11.1. The Morgan fingerprint density at radius 1 is 1.24 bits per heavy atom. The van der Waals surface area contributed by atoms with Crippen LogP contribution in [0.15, 0.2) is 45.2 Å². The van der Waals surface area contributed by atoms with E-state index < -0.39 is 0 Å². The highest BCUT2D eigenvalue weighted by atomic mass is 32.1. The number of nitrogens with zero attached hydrogens (tertiary/aromatic N) is 3. The summed E-state index contributed by atoms with van der Waals surface area (Å²) in [6.07, 6.45) is 6.94. The molecule has 0 amide bonds. The van der Waals surface area contributed by atoms with Crippen molar-refractivity contribution >= 4 is 39.3 Å². The van der Waals surface area contributed by atoms with Crippen LogP contribution < -0.4 is 10.6 Å². The molecule has 0 fully saturated rings. The van der Waals surface area contributed by atoms with E-state index in [4.69, 9.17) is 10.7 Å². The third-order valence-electron chi connectivity index (χ3n) is 7.23. The van der Waals surface area contributed by atoms with Crippen LogP contribution in [0, 0.1) is 16.7 Å². The van der Waals surface area contributed by atoms with Crippen molar-refractivity contribution in [2.24, 2.45) is 16.1 Å². The molecule has 2 aromatic rings. The first-order valence-electron chi connectivity index (χ1n) is 11.6. The van der Waals surface area contributed by atoms with Crippen LogP contribution in [0.2, 0.25) is 0 Å². The number of nitriles is 1. The predicted octanol–water partition coefficient (Wildman–Crippen LogP) is 5.78. The molecule has 0 spiro atoms. The number of amidine groups is 1. The van der Waals surface area contributed by atoms with Gasteiger partial charge in [0.25, 0.3) is 0 Å². The van der Waals surface area contributed by atoms with Crippen LogP contribution in [0.4, 0.5) is 5.00 Å². The van der Waals surface area contributed by atoms with E-state index in [2.05, 4.69) is 24.8 Å². The van der Waals surface area contributed by atoms with Crippen LogP contribution >= 0.6 is 22.7 Å². The van der Waals surface area contributed by atoms with Crippen LogP contribution in [-0.2, 0) is 17.6 Å². The fourth-order valence-corrected chi connectivity index (χ4v) is 8.12. The highest BCUT2D eigenvalue weighted by molar-refractivity contribution is 7.17. The largest absolute Gasteiger partial charge is 0.383 e. The smallest absolute Gasteiger partial charge is 0.162 e. The number of rotatable bonds is 1. The van der Waals surface area contributed by atoms with Crippen molar-refractivity contribution in [2.75, 3.05) is 4.90 Å². The second-order valence-corrected chi connectivity index (χ2v) is 12.2. The Morgan fingerprint density at radius 3 is 2.82 bits per heavy atom. The molecular formula is C26H26N4OS2. The highest BCUT2D eigenvalue weighted by Crippen LogP contribution is 2.55. The number of aryl methyl sites for hydroxylation is 1. The molecule has 1 atom stereocenters. The van der Waals surface area contributed by atoms with E-state index in [1.54, 1.807) is 22.7 Å². The molecule has 0 saturated heterocycles. The Morgan fingerprint density at radius 2 is 2.06 bits per heavy atom. The monoisotopic (exact) mass is 474 g/mol. The molecule has 2 aromatic heterocycles. The zero-order chi connectivity index (χ0) is 22.9. The number of hydrogen-bond donors (Lipinski definition) is 1. The van der Waals surface area contributed by atoms with Gasteiger partial charge in [-0.25, -0.2) is 4.99 Å². The maximum Gasteiger partial charge on any atom is 0.162 e. The van der Waals surface area contributed by atoms with E-state index >= 15 is 0 Å². The minimum Gasteiger partial charge on any atom is -0.383 e. The van der Waals surface area contributed by atoms with Crippen LogP contribution in [0.1, 0.15) is 72.8 Å². The Labute approximate surface area is 201 Å². The molecule has 7 heteroatoms. The summed E-state index contributed by atoms with van der Waals surface area (Å²) in [4.78, 5) is 23.1. The maximum atomic E-state index is 13.6. The number of aliphatic imine (C=N–C) groups is 1. The number of carbonyl (C=O) groups excluding carboxylic acids is 1. The first-order chi connectivity index (χ1) is 15.9. The van der Waals surface area contributed by atoms with E-state index in [0.717, 1.165) is 52.4 Å². The molecule has 2 aliphatic carbocycles. The van der Waals surface area contributed by atoms with Crippen molar-refractivity contribution < 1.29 is 4.79 Å². The molecule has 168 valence electrons. The van der Waals surface area contributed by atoms with Crippen molar-refractivity contribution in [2.45, 2.75) is 64.7 Å². The zero-order valence-corrected chi connectivity index (χ0v) is 20.5. The summed E-state index contributed by atoms with van der Waals surface area (Å²) in [5, 5.41) is 13.4. The lowest BCUT2D eigenvalue weighted by Gasteiger charge is -2.44. The second kappa shape index (κ2) is 7.41. The van der Waals surface area contributed by atoms with Gasteiger partial charge in [-0.1, -0.05) is 26.3 Å². The van der Waals surface area contributed by atoms with Crippen molar-refractivity contribution in [1.29, 1.82) is 5.26 Å². The normalized spacial score (nSPS) is 23.8. The fourth-order valence-electron chi connectivity index (χ4n) is 5.85. The molecule has 6 rings (SSSR count). The van der Waals surface area contributed by atoms with Crippen molar-refractivity contribution in [3.8, 4) is 6.07 Å². The number of ketones is 1. The average molecular weight is 475 g/mol. The average Bonchev–Trinajstić information content (AvgIpc) is 3.35. The first kappa shape index (κ1) is 20.9. The van der Waals surface area contributed by atoms with Crippen molar-refractivity contribution in [3.63, 3.8) is 0 Å². The SMILES string of the molecule is CC1(C)CC(=O)C2=C(C1)N1C(=C(C#N)[C@@H]2c2cccs2)N=C(N)c2c1sc1c2CCCCC1. The molecule has 2 aliphatic heterocycles. The van der Waals surface area contributed by atoms with Gasteiger partial charge in [-0.05, 0) is 54.5 Å². The lowest BCUT2D eigenvalue weighted by molar-refractivity contribution is -0.118. The van der Waals surface area contributed by atoms with Gasteiger partial charge in [0, 0.05) is 27.4 Å². The van der Waals surface area contributed by atoms with E-state index in [1.165, 1.54) is 23.3 Å². The number of hydrogen-bond acceptors (Lipinski definition) is 7. The van der Waals surface area contributed by atoms with E-state index in [-0.39, 0.29) is 17.1 Å². The Bertz CT molecular complexity index is 1320. The molecule has 0 aromatic carbocycles. The van der Waals surface area contributed by atoms with Crippen molar-refractivity contribution in [1.82, 2.24) is 0 Å². The van der Waals surface area contributed by atoms with Gasteiger partial charge in [-0.2, -0.15) is 5.26 Å². The Hall–Kier alpha value is -2.69. The second-order valence-electron chi connectivity index (χ2n) is 10.2. The highest BCUT2D eigenvalue weighted by Gasteiger charge is 2.47. The predicted molar refractivity (Wildman–Crippen MR) is 134 cm³/mol. The molecule has 5 nitrogen and oxygen atoms in total. The zero-order valence-electron chi connectivity index (χ0n) is 18.9. The van der Waals surface area contributed by atoms with Crippen LogP contribution in [-0.4, -0.2) is 11.6 Å². The number of nitrogens with two attached hydrogens (primary N) is 1. The van der Waals surface area contributed by atoms with Crippen LogP contribution in [0.3, 0.4) is 0 Å². The summed E-state index contributed by atoms with van der Waals surface area (Å²) in [5.74, 6) is 0.907. The number of fused-ring (bicyclic) bond motifs is 6. The van der Waals surface area contributed by atoms with E-state index in [1.807, 2.05) is 17.5 Å². The minimum absolute atomic E-state index is 0.146. The lowest BCUT2D eigenvalue weighted by Crippen LogP contribution is -2.41. The molecule has 4 heterocycles. The quantitative estimate of drug-likeness (QED) is 0.531. The molecule has 0 saturated carbocycles. The van der Waals surface area contributed by atoms with Crippen molar-refractivity contribution in [3.05, 3.63) is 61.1 Å². The third kappa shape index (κ3) is 3.08. The van der Waals surface area contributed by atoms with E-state index in [9.17, 15) is 10.1 Å². The summed E-state index contributed by atoms with van der Waals surface area (Å²) >= 11 is 3.38. The lowest BCUT2D eigenvalue weighted by atomic mass is 9.69. The Kier molecular flexibility index (Phi) is 4.69. The maximum absolute atomic E-state index is 13.6. The number of Topliss-reactive ketones (excluding diaryl/α,β-unsaturated/α-hetero) is 1. The molecule has 0 unspecified atom stereocenters. The Balaban J connectivity index is 1.65. The topological polar surface area (TPSA) is 82.5 Å². The standard InChI is InChI=1S/C26H26N4OS2/c1-26(2)11-16-22(17(31)12-26)20(19-9-6-10-32-19)15(13-27)24-29-23(28)21-14-7-4-3-5-8-18(14)33-25(21)30(16)24/h6,9-10,20H,3-5,7-8,11-12H2,1-2H3,(H2,28,29)/t20-/m1/s1. The molecule has 33 heavy (non-hydrogen) atoms. The summed E-state index contributed by atoms with van der Waals surface area (Å²) in [6, 6.07) is 6.44. The van der Waals surface area contributed by atoms with Gasteiger partial charge in [0.2, 0.25) is 0 Å². The number of allylic oxidation sites excluding steroid dienone is 3. The third-order valence-corrected chi connectivity index (χ3v) is 9.45. The summed E-state index contributed by atoms with van der Waals surface area (Å²) in [6.45, 7) is 4.31. The van der Waals surface area contributed by atoms with Crippen LogP contribution in [0.25, 0.3) is 0 Å². The van der Waals surface area contributed by atoms with Crippen LogP contribution in [0.5, 0.6) is 0 Å². The fraction of sp³-hybridized carbons (Fsp3) is 0.423. The molecular weight excluding hydrogens is 448 g/mol. The molecule has 4 aliphatic rings. The first-order valence-corrected chi connectivity index (χ1v) is 13.3. The summed E-state index contributed by atoms with van der Waals surface area (Å²) < 4.78 is 0. The van der Waals surface area contributed by atoms with Gasteiger partial charge in [0.15, 0.2) is 11.6 Å². The molecule has 0 radical (unpaired) electrons. The van der Waals surface area contributed by atoms with Gasteiger partial charge in [-0.15, -0.1) is 22.7 Å². The number of thiophene rings is 2. The number of anilines is 1. The van der Waals surface area contributed by atoms with Gasteiger partial charge >= 0.3 is 0 Å². The number of carbonyl (C=O) groups is 1. The van der Waals surface area contributed by atoms with Gasteiger partial charge in [0.1, 0.15) is 10.8 Å². The van der Waals surface area contributed by atoms with E-state index in [0.29, 0.717) is 23.7 Å². The molecule has 2 N–H and O–H groups in total. The summed E-state index contributed by atoms with van der Waals surface area (Å²) in [7, 11) is 0. The minimum atomic E-state index is -0.365. The van der Waals surface area contributed by atoms with Gasteiger partial charge in [0.05, 0.1) is 23.1 Å². The molecule has 0 bridgehead atoms.